The van der Waals surface area contributed by atoms with E-state index in [-0.39, 0.29) is 6.61 Å². The molecule has 0 radical (unpaired) electrons. The van der Waals surface area contributed by atoms with Crippen molar-refractivity contribution in [1.29, 1.82) is 0 Å². The van der Waals surface area contributed by atoms with Crippen LogP contribution < -0.4 is 0 Å². The predicted molar refractivity (Wildman–Crippen MR) is 75.6 cm³/mol. The molecule has 0 amide bonds. The van der Waals surface area contributed by atoms with Crippen molar-refractivity contribution < 1.29 is 14.6 Å². The maximum Gasteiger partial charge on any atom is 0.312 e. The standard InChI is InChI=1S/C16H17NO3/c18-15(19)16(7-3-9-20-11-16)10-13-5-1-4-12-6-2-8-17-14(12)13/h1-2,4-6,8H,3,7,9-11H2,(H,18,19). The third kappa shape index (κ3) is 2.27. The minimum atomic E-state index is -0.815. The molecule has 0 bridgehead atoms. The van der Waals surface area contributed by atoms with Crippen LogP contribution in [-0.4, -0.2) is 29.3 Å². The summed E-state index contributed by atoms with van der Waals surface area (Å²) in [7, 11) is 0. The maximum absolute atomic E-state index is 11.7. The number of carbonyl (C=O) groups is 1. The Morgan fingerprint density at radius 3 is 2.95 bits per heavy atom. The Kier molecular flexibility index (Phi) is 3.40. The third-order valence-electron chi connectivity index (χ3n) is 4.02. The van der Waals surface area contributed by atoms with Crippen molar-refractivity contribution in [1.82, 2.24) is 4.98 Å². The van der Waals surface area contributed by atoms with Crippen molar-refractivity contribution in [3.63, 3.8) is 0 Å². The van der Waals surface area contributed by atoms with Gasteiger partial charge in [-0.15, -0.1) is 0 Å². The van der Waals surface area contributed by atoms with Crippen LogP contribution in [0.5, 0.6) is 0 Å². The Hall–Kier alpha value is -1.94. The van der Waals surface area contributed by atoms with E-state index >= 15 is 0 Å². The SMILES string of the molecule is O=C(O)C1(Cc2cccc3cccnc23)CCCOC1. The number of carboxylic acids is 1. The van der Waals surface area contributed by atoms with E-state index in [4.69, 9.17) is 4.74 Å². The number of ether oxygens (including phenoxy) is 1. The highest BCUT2D eigenvalue weighted by Gasteiger charge is 2.41. The molecule has 1 aliphatic heterocycles. The molecule has 4 nitrogen and oxygen atoms in total. The fourth-order valence-corrected chi connectivity index (χ4v) is 2.91. The summed E-state index contributed by atoms with van der Waals surface area (Å²) in [4.78, 5) is 16.1. The smallest absolute Gasteiger partial charge is 0.312 e. The summed E-state index contributed by atoms with van der Waals surface area (Å²) in [5.41, 5.74) is 1.06. The first kappa shape index (κ1) is 13.1. The molecule has 0 aliphatic carbocycles. The Bertz CT molecular complexity index is 627. The zero-order valence-electron chi connectivity index (χ0n) is 11.2. The van der Waals surface area contributed by atoms with Crippen LogP contribution in [0.4, 0.5) is 0 Å². The van der Waals surface area contributed by atoms with Crippen LogP contribution in [0.15, 0.2) is 36.5 Å². The van der Waals surface area contributed by atoms with E-state index in [1.807, 2.05) is 30.3 Å². The number of aromatic nitrogens is 1. The summed E-state index contributed by atoms with van der Waals surface area (Å²) < 4.78 is 5.43. The second-order valence-corrected chi connectivity index (χ2v) is 5.41. The van der Waals surface area contributed by atoms with Crippen LogP contribution in [-0.2, 0) is 16.0 Å². The van der Waals surface area contributed by atoms with E-state index in [0.29, 0.717) is 19.4 Å². The fourth-order valence-electron chi connectivity index (χ4n) is 2.91. The summed E-state index contributed by atoms with van der Waals surface area (Å²) in [5.74, 6) is -0.773. The number of hydrogen-bond acceptors (Lipinski definition) is 3. The van der Waals surface area contributed by atoms with Gasteiger partial charge in [0.1, 0.15) is 0 Å². The van der Waals surface area contributed by atoms with Crippen molar-refractivity contribution in [3.8, 4) is 0 Å². The van der Waals surface area contributed by atoms with Gasteiger partial charge < -0.3 is 9.84 Å². The van der Waals surface area contributed by atoms with Gasteiger partial charge >= 0.3 is 5.97 Å². The monoisotopic (exact) mass is 271 g/mol. The average molecular weight is 271 g/mol. The zero-order valence-corrected chi connectivity index (χ0v) is 11.2. The molecule has 1 aromatic heterocycles. The van der Waals surface area contributed by atoms with Gasteiger partial charge in [-0.05, 0) is 30.9 Å². The lowest BCUT2D eigenvalue weighted by molar-refractivity contribution is -0.157. The van der Waals surface area contributed by atoms with Crippen molar-refractivity contribution in [2.45, 2.75) is 19.3 Å². The number of benzene rings is 1. The van der Waals surface area contributed by atoms with Crippen LogP contribution in [0.2, 0.25) is 0 Å². The van der Waals surface area contributed by atoms with Crippen LogP contribution >= 0.6 is 0 Å². The average Bonchev–Trinajstić information content (AvgIpc) is 2.48. The Balaban J connectivity index is 2.00. The second kappa shape index (κ2) is 5.21. The number of aliphatic carboxylic acids is 1. The first-order valence-electron chi connectivity index (χ1n) is 6.85. The number of hydrogen-bond donors (Lipinski definition) is 1. The third-order valence-corrected chi connectivity index (χ3v) is 4.02. The number of pyridine rings is 1. The summed E-state index contributed by atoms with van der Waals surface area (Å²) in [6.07, 6.45) is 3.67. The first-order chi connectivity index (χ1) is 9.71. The molecule has 1 aliphatic rings. The normalized spacial score (nSPS) is 22.8. The molecule has 0 spiro atoms. The maximum atomic E-state index is 11.7. The predicted octanol–water partition coefficient (Wildman–Crippen LogP) is 2.66. The molecule has 104 valence electrons. The molecule has 4 heteroatoms. The molecule has 1 unspecified atom stereocenters. The Morgan fingerprint density at radius 1 is 1.35 bits per heavy atom. The van der Waals surface area contributed by atoms with Crippen LogP contribution in [0.1, 0.15) is 18.4 Å². The van der Waals surface area contributed by atoms with Crippen molar-refractivity contribution in [2.24, 2.45) is 5.41 Å². The van der Waals surface area contributed by atoms with Gasteiger partial charge in [0.15, 0.2) is 0 Å². The lowest BCUT2D eigenvalue weighted by Crippen LogP contribution is -2.41. The first-order valence-corrected chi connectivity index (χ1v) is 6.85. The van der Waals surface area contributed by atoms with Gasteiger partial charge in [-0.25, -0.2) is 0 Å². The summed E-state index contributed by atoms with van der Waals surface area (Å²) in [6, 6.07) is 9.81. The molecule has 3 rings (SSSR count). The minimum absolute atomic E-state index is 0.283. The van der Waals surface area contributed by atoms with Crippen molar-refractivity contribution >= 4 is 16.9 Å². The Labute approximate surface area is 117 Å². The molecular weight excluding hydrogens is 254 g/mol. The fraction of sp³-hybridized carbons (Fsp3) is 0.375. The van der Waals surface area contributed by atoms with Gasteiger partial charge in [0.2, 0.25) is 0 Å². The lowest BCUT2D eigenvalue weighted by atomic mass is 9.77. The van der Waals surface area contributed by atoms with E-state index in [0.717, 1.165) is 22.9 Å². The van der Waals surface area contributed by atoms with Gasteiger partial charge in [0.05, 0.1) is 17.5 Å². The molecule has 2 aromatic rings. The molecule has 0 saturated carbocycles. The highest BCUT2D eigenvalue weighted by molar-refractivity contribution is 5.83. The topological polar surface area (TPSA) is 59.4 Å². The molecule has 1 aromatic carbocycles. The molecule has 2 heterocycles. The number of carboxylic acid groups (broad SMARTS) is 1. The van der Waals surface area contributed by atoms with Gasteiger partial charge in [0.25, 0.3) is 0 Å². The minimum Gasteiger partial charge on any atom is -0.481 e. The van der Waals surface area contributed by atoms with Crippen molar-refractivity contribution in [3.05, 3.63) is 42.1 Å². The quantitative estimate of drug-likeness (QED) is 0.932. The van der Waals surface area contributed by atoms with Crippen LogP contribution in [0.25, 0.3) is 10.9 Å². The second-order valence-electron chi connectivity index (χ2n) is 5.41. The molecule has 1 atom stereocenters. The van der Waals surface area contributed by atoms with E-state index < -0.39 is 11.4 Å². The molecule has 1 saturated heterocycles. The van der Waals surface area contributed by atoms with E-state index in [9.17, 15) is 9.90 Å². The van der Waals surface area contributed by atoms with Gasteiger partial charge in [-0.2, -0.15) is 0 Å². The number of nitrogens with zero attached hydrogens (tertiary/aromatic N) is 1. The molecule has 20 heavy (non-hydrogen) atoms. The van der Waals surface area contributed by atoms with Crippen LogP contribution in [0.3, 0.4) is 0 Å². The van der Waals surface area contributed by atoms with E-state index in [2.05, 4.69) is 4.98 Å². The molecular formula is C16H17NO3. The van der Waals surface area contributed by atoms with Gasteiger partial charge in [-0.1, -0.05) is 24.3 Å². The number of fused-ring (bicyclic) bond motifs is 1. The highest BCUT2D eigenvalue weighted by Crippen LogP contribution is 2.34. The Morgan fingerprint density at radius 2 is 2.20 bits per heavy atom. The number of rotatable bonds is 3. The number of para-hydroxylation sites is 1. The zero-order chi connectivity index (χ0) is 14.0. The van der Waals surface area contributed by atoms with Crippen molar-refractivity contribution in [2.75, 3.05) is 13.2 Å². The molecule has 1 fully saturated rings. The van der Waals surface area contributed by atoms with Crippen LogP contribution in [0, 0.1) is 5.41 Å². The van der Waals surface area contributed by atoms with Gasteiger partial charge in [0, 0.05) is 18.2 Å². The van der Waals surface area contributed by atoms with Gasteiger partial charge in [-0.3, -0.25) is 9.78 Å². The summed E-state index contributed by atoms with van der Waals surface area (Å²) >= 11 is 0. The highest BCUT2D eigenvalue weighted by atomic mass is 16.5. The lowest BCUT2D eigenvalue weighted by Gasteiger charge is -2.33. The van der Waals surface area contributed by atoms with E-state index in [1.165, 1.54) is 0 Å². The van der Waals surface area contributed by atoms with E-state index in [1.54, 1.807) is 6.20 Å². The summed E-state index contributed by atoms with van der Waals surface area (Å²) in [5, 5.41) is 10.7. The summed E-state index contributed by atoms with van der Waals surface area (Å²) in [6.45, 7) is 0.939. The largest absolute Gasteiger partial charge is 0.481 e. The molecule has 1 N–H and O–H groups in total.